The summed E-state index contributed by atoms with van der Waals surface area (Å²) >= 11 is 0. The summed E-state index contributed by atoms with van der Waals surface area (Å²) in [5.74, 6) is -2.57. The summed E-state index contributed by atoms with van der Waals surface area (Å²) in [4.78, 5) is 40.1. The molecule has 0 aromatic carbocycles. The maximum absolute atomic E-state index is 10.3. The molecule has 0 aliphatic carbocycles. The Morgan fingerprint density at radius 1 is 1.27 bits per heavy atom. The van der Waals surface area contributed by atoms with E-state index in [-0.39, 0.29) is 6.41 Å². The molecule has 11 heavy (non-hydrogen) atoms. The molecule has 0 heterocycles. The van der Waals surface area contributed by atoms with Crippen molar-refractivity contribution in [3.63, 3.8) is 0 Å². The fourth-order valence-electron chi connectivity index (χ4n) is 0.254. The number of nitrogens with two attached hydrogens (primary N) is 1. The summed E-state index contributed by atoms with van der Waals surface area (Å²) in [6.07, 6.45) is 0.0591. The molecule has 0 unspecified atom stereocenters. The van der Waals surface area contributed by atoms with Gasteiger partial charge in [0, 0.05) is 0 Å². The second-order valence-electron chi connectivity index (χ2n) is 1.41. The number of hydrogen-bond acceptors (Lipinski definition) is 4. The molecule has 0 spiro atoms. The lowest BCUT2D eigenvalue weighted by Crippen LogP contribution is -2.44. The van der Waals surface area contributed by atoms with E-state index < -0.39 is 17.8 Å². The van der Waals surface area contributed by atoms with E-state index in [1.54, 1.807) is 5.32 Å². The van der Waals surface area contributed by atoms with Crippen LogP contribution in [0.4, 0.5) is 4.79 Å². The molecule has 0 rings (SSSR count). The highest BCUT2D eigenvalue weighted by atomic mass is 16.2. The van der Waals surface area contributed by atoms with Gasteiger partial charge in [-0.3, -0.25) is 25.0 Å². The van der Waals surface area contributed by atoms with Gasteiger partial charge in [0.2, 0.25) is 6.41 Å². The van der Waals surface area contributed by atoms with Crippen molar-refractivity contribution < 1.29 is 19.2 Å². The summed E-state index contributed by atoms with van der Waals surface area (Å²) < 4.78 is 0. The lowest BCUT2D eigenvalue weighted by molar-refractivity contribution is -0.136. The van der Waals surface area contributed by atoms with Gasteiger partial charge < -0.3 is 5.73 Å². The van der Waals surface area contributed by atoms with Crippen LogP contribution in [0.3, 0.4) is 0 Å². The van der Waals surface area contributed by atoms with Crippen LogP contribution in [0, 0.1) is 0 Å². The van der Waals surface area contributed by atoms with Crippen LogP contribution in [0.2, 0.25) is 0 Å². The Balaban J connectivity index is 3.85. The molecule has 0 aliphatic heterocycles. The van der Waals surface area contributed by atoms with E-state index >= 15 is 0 Å². The van der Waals surface area contributed by atoms with Crippen LogP contribution in [0.15, 0.2) is 0 Å². The molecule has 5 amide bonds. The quantitative estimate of drug-likeness (QED) is 0.288. The van der Waals surface area contributed by atoms with Crippen LogP contribution >= 0.6 is 0 Å². The normalized spacial score (nSPS) is 8.00. The van der Waals surface area contributed by atoms with Gasteiger partial charge in [0.05, 0.1) is 0 Å². The number of amides is 5. The third-order valence-corrected chi connectivity index (χ3v) is 0.641. The van der Waals surface area contributed by atoms with Crippen molar-refractivity contribution in [2.24, 2.45) is 5.73 Å². The van der Waals surface area contributed by atoms with E-state index in [9.17, 15) is 19.2 Å². The van der Waals surface area contributed by atoms with Crippen molar-refractivity contribution in [2.45, 2.75) is 0 Å². The fraction of sp³-hybridized carbons (Fsp3) is 0. The zero-order chi connectivity index (χ0) is 8.85. The van der Waals surface area contributed by atoms with Crippen LogP contribution in [-0.2, 0) is 14.4 Å². The van der Waals surface area contributed by atoms with Gasteiger partial charge in [-0.05, 0) is 0 Å². The molecule has 0 aliphatic rings. The number of rotatable bonds is 1. The number of imide groups is 2. The molecule has 0 atom stereocenters. The molecule has 0 saturated carbocycles. The summed E-state index contributed by atoms with van der Waals surface area (Å²) in [5.41, 5.74) is 4.46. The molecule has 0 bridgehead atoms. The van der Waals surface area contributed by atoms with Gasteiger partial charge >= 0.3 is 17.8 Å². The third-order valence-electron chi connectivity index (χ3n) is 0.641. The molecule has 0 aromatic heterocycles. The number of carbonyl (C=O) groups is 4. The molecule has 60 valence electrons. The van der Waals surface area contributed by atoms with Crippen molar-refractivity contribution in [1.29, 1.82) is 0 Å². The first-order valence-corrected chi connectivity index (χ1v) is 2.43. The predicted octanol–water partition coefficient (Wildman–Crippen LogP) is -2.55. The van der Waals surface area contributed by atoms with E-state index in [4.69, 9.17) is 0 Å². The Bertz CT molecular complexity index is 211. The Labute approximate surface area is 60.9 Å². The topological polar surface area (TPSA) is 118 Å². The molecule has 7 heteroatoms. The molecule has 7 nitrogen and oxygen atoms in total. The standard InChI is InChI=1S/C4H5N3O4/c5-2(9)3(10)7-4(11)6-1-8/h1H,(H2,5,9)(H2,6,7,8,10,11). The minimum absolute atomic E-state index is 0.0591. The molecule has 4 N–H and O–H groups in total. The van der Waals surface area contributed by atoms with Crippen molar-refractivity contribution >= 4 is 24.3 Å². The van der Waals surface area contributed by atoms with Crippen molar-refractivity contribution in [3.8, 4) is 0 Å². The Hall–Kier alpha value is -1.92. The highest BCUT2D eigenvalue weighted by Gasteiger charge is 2.11. The number of urea groups is 1. The maximum atomic E-state index is 10.3. The van der Waals surface area contributed by atoms with E-state index in [0.29, 0.717) is 0 Å². The van der Waals surface area contributed by atoms with Gasteiger partial charge in [0.1, 0.15) is 0 Å². The average molecular weight is 159 g/mol. The van der Waals surface area contributed by atoms with Crippen molar-refractivity contribution in [3.05, 3.63) is 0 Å². The maximum Gasteiger partial charge on any atom is 0.328 e. The largest absolute Gasteiger partial charge is 0.361 e. The summed E-state index contributed by atoms with van der Waals surface area (Å²) in [5, 5.41) is 3.06. The monoisotopic (exact) mass is 159 g/mol. The zero-order valence-corrected chi connectivity index (χ0v) is 5.29. The fourth-order valence-corrected chi connectivity index (χ4v) is 0.254. The average Bonchev–Trinajstić information content (AvgIpc) is 1.87. The van der Waals surface area contributed by atoms with Gasteiger partial charge in [0.15, 0.2) is 0 Å². The van der Waals surface area contributed by atoms with E-state index in [1.165, 1.54) is 5.32 Å². The number of primary amides is 1. The van der Waals surface area contributed by atoms with Crippen molar-refractivity contribution in [2.75, 3.05) is 0 Å². The second kappa shape index (κ2) is 3.99. The molecular formula is C4H5N3O4. The SMILES string of the molecule is NC(=O)C(=O)NC(=O)NC=O. The predicted molar refractivity (Wildman–Crippen MR) is 31.9 cm³/mol. The number of hydrogen-bond donors (Lipinski definition) is 3. The van der Waals surface area contributed by atoms with Gasteiger partial charge in [-0.25, -0.2) is 4.79 Å². The highest BCUT2D eigenvalue weighted by Crippen LogP contribution is 1.63. The summed E-state index contributed by atoms with van der Waals surface area (Å²) in [6, 6.07) is -1.09. The molecular weight excluding hydrogens is 154 g/mol. The Kier molecular flexibility index (Phi) is 3.29. The van der Waals surface area contributed by atoms with Gasteiger partial charge in [0.25, 0.3) is 0 Å². The summed E-state index contributed by atoms with van der Waals surface area (Å²) in [7, 11) is 0. The smallest absolute Gasteiger partial charge is 0.328 e. The third kappa shape index (κ3) is 3.62. The van der Waals surface area contributed by atoms with Crippen LogP contribution in [0.1, 0.15) is 0 Å². The lowest BCUT2D eigenvalue weighted by Gasteiger charge is -1.96. The molecule has 0 radical (unpaired) electrons. The van der Waals surface area contributed by atoms with E-state index in [0.717, 1.165) is 0 Å². The minimum atomic E-state index is -1.30. The van der Waals surface area contributed by atoms with Gasteiger partial charge in [-0.2, -0.15) is 0 Å². The van der Waals surface area contributed by atoms with Gasteiger partial charge in [-0.15, -0.1) is 0 Å². The lowest BCUT2D eigenvalue weighted by atomic mass is 10.6. The van der Waals surface area contributed by atoms with Crippen LogP contribution in [0.25, 0.3) is 0 Å². The first-order valence-electron chi connectivity index (χ1n) is 2.43. The summed E-state index contributed by atoms with van der Waals surface area (Å²) in [6.45, 7) is 0. The highest BCUT2D eigenvalue weighted by molar-refractivity contribution is 6.37. The van der Waals surface area contributed by atoms with Crippen LogP contribution in [0.5, 0.6) is 0 Å². The Morgan fingerprint density at radius 3 is 2.18 bits per heavy atom. The Morgan fingerprint density at radius 2 is 1.82 bits per heavy atom. The first-order chi connectivity index (χ1) is 5.07. The van der Waals surface area contributed by atoms with E-state index in [2.05, 4.69) is 5.73 Å². The zero-order valence-electron chi connectivity index (χ0n) is 5.29. The molecule has 0 aromatic rings. The first kappa shape index (κ1) is 9.08. The van der Waals surface area contributed by atoms with Crippen molar-refractivity contribution in [1.82, 2.24) is 10.6 Å². The second-order valence-corrected chi connectivity index (χ2v) is 1.41. The minimum Gasteiger partial charge on any atom is -0.361 e. The molecule has 0 fully saturated rings. The number of nitrogens with one attached hydrogen (secondary N) is 2. The van der Waals surface area contributed by atoms with E-state index in [1.807, 2.05) is 0 Å². The molecule has 0 saturated heterocycles. The number of carbonyl (C=O) groups excluding carboxylic acids is 4. The van der Waals surface area contributed by atoms with Gasteiger partial charge in [-0.1, -0.05) is 0 Å². The van der Waals surface area contributed by atoms with Crippen LogP contribution < -0.4 is 16.4 Å². The van der Waals surface area contributed by atoms with Crippen LogP contribution in [-0.4, -0.2) is 24.3 Å².